The van der Waals surface area contributed by atoms with E-state index in [1.54, 1.807) is 11.0 Å². The van der Waals surface area contributed by atoms with Crippen LogP contribution < -0.4 is 4.74 Å². The molecular weight excluding hydrogens is 342 g/mol. The van der Waals surface area contributed by atoms with E-state index in [1.165, 1.54) is 0 Å². The molecule has 0 aromatic heterocycles. The number of likely N-dealkylation sites (tertiary alicyclic amines) is 1. The molecule has 2 heterocycles. The molecule has 0 atom stereocenters. The molecule has 3 rings (SSSR count). The molecular formula is C19H24ClNO4. The minimum absolute atomic E-state index is 0.0609. The molecule has 1 aromatic carbocycles. The fourth-order valence-corrected chi connectivity index (χ4v) is 3.76. The smallest absolute Gasteiger partial charge is 0.409 e. The Bertz CT molecular complexity index is 680. The third-order valence-electron chi connectivity index (χ3n) is 5.00. The summed E-state index contributed by atoms with van der Waals surface area (Å²) in [4.78, 5) is 26.4. The SMILES string of the molecule is CCCCOC(=O)N1CCC2(CC1)CC(=O)c1cc(Cl)cc(C)c1O2. The fraction of sp³-hybridized carbons (Fsp3) is 0.579. The lowest BCUT2D eigenvalue weighted by Gasteiger charge is -2.44. The minimum atomic E-state index is -0.525. The van der Waals surface area contributed by atoms with Crippen LogP contribution in [0.2, 0.25) is 5.02 Å². The van der Waals surface area contributed by atoms with Crippen molar-refractivity contribution in [3.05, 3.63) is 28.3 Å². The summed E-state index contributed by atoms with van der Waals surface area (Å²) in [6.45, 7) is 5.50. The third kappa shape index (κ3) is 3.76. The average Bonchev–Trinajstić information content (AvgIpc) is 2.57. The first-order valence-electron chi connectivity index (χ1n) is 8.88. The van der Waals surface area contributed by atoms with Crippen molar-refractivity contribution in [2.75, 3.05) is 19.7 Å². The van der Waals surface area contributed by atoms with Gasteiger partial charge in [-0.3, -0.25) is 4.79 Å². The number of aryl methyl sites for hydroxylation is 1. The Kier molecular flexibility index (Phi) is 5.23. The Morgan fingerprint density at radius 3 is 2.76 bits per heavy atom. The van der Waals surface area contributed by atoms with Crippen LogP contribution in [0.5, 0.6) is 5.75 Å². The van der Waals surface area contributed by atoms with Crippen LogP contribution >= 0.6 is 11.6 Å². The monoisotopic (exact) mass is 365 g/mol. The summed E-state index contributed by atoms with van der Waals surface area (Å²) in [6, 6.07) is 3.49. The van der Waals surface area contributed by atoms with E-state index < -0.39 is 5.60 Å². The second-order valence-corrected chi connectivity index (χ2v) is 7.38. The summed E-state index contributed by atoms with van der Waals surface area (Å²) in [6.07, 6.45) is 3.19. The normalized spacial score (nSPS) is 18.7. The highest BCUT2D eigenvalue weighted by molar-refractivity contribution is 6.31. The predicted molar refractivity (Wildman–Crippen MR) is 95.6 cm³/mol. The van der Waals surface area contributed by atoms with E-state index in [9.17, 15) is 9.59 Å². The van der Waals surface area contributed by atoms with Crippen molar-refractivity contribution in [2.45, 2.75) is 51.6 Å². The molecule has 5 nitrogen and oxygen atoms in total. The van der Waals surface area contributed by atoms with Gasteiger partial charge in [0.1, 0.15) is 11.4 Å². The molecule has 1 spiro atoms. The molecule has 2 aliphatic rings. The van der Waals surface area contributed by atoms with Gasteiger partial charge in [-0.1, -0.05) is 24.9 Å². The summed E-state index contributed by atoms with van der Waals surface area (Å²) >= 11 is 6.06. The number of halogens is 1. The molecule has 6 heteroatoms. The summed E-state index contributed by atoms with van der Waals surface area (Å²) in [5, 5.41) is 0.550. The summed E-state index contributed by atoms with van der Waals surface area (Å²) in [7, 11) is 0. The second-order valence-electron chi connectivity index (χ2n) is 6.94. The number of ether oxygens (including phenoxy) is 2. The standard InChI is InChI=1S/C19H24ClNO4/c1-3-4-9-24-18(23)21-7-5-19(6-8-21)12-16(22)15-11-14(20)10-13(2)17(15)25-19/h10-11H,3-9,12H2,1-2H3. The van der Waals surface area contributed by atoms with Crippen LogP contribution in [-0.4, -0.2) is 42.1 Å². The Morgan fingerprint density at radius 2 is 2.08 bits per heavy atom. The summed E-state index contributed by atoms with van der Waals surface area (Å²) < 4.78 is 11.6. The zero-order valence-corrected chi connectivity index (χ0v) is 15.5. The van der Waals surface area contributed by atoms with Gasteiger partial charge in [0.15, 0.2) is 5.78 Å². The summed E-state index contributed by atoms with van der Waals surface area (Å²) in [5.41, 5.74) is 0.913. The van der Waals surface area contributed by atoms with Gasteiger partial charge in [-0.05, 0) is 31.0 Å². The maximum atomic E-state index is 12.6. The molecule has 0 saturated carbocycles. The molecule has 0 unspecified atom stereocenters. The number of nitrogens with zero attached hydrogens (tertiary/aromatic N) is 1. The molecule has 1 fully saturated rings. The van der Waals surface area contributed by atoms with Crippen LogP contribution in [0, 0.1) is 6.92 Å². The quantitative estimate of drug-likeness (QED) is 0.745. The van der Waals surface area contributed by atoms with Gasteiger partial charge in [-0.15, -0.1) is 0 Å². The van der Waals surface area contributed by atoms with Crippen LogP contribution in [0.15, 0.2) is 12.1 Å². The van der Waals surface area contributed by atoms with Gasteiger partial charge < -0.3 is 14.4 Å². The van der Waals surface area contributed by atoms with E-state index in [1.807, 2.05) is 13.0 Å². The van der Waals surface area contributed by atoms with E-state index in [0.29, 0.717) is 55.3 Å². The van der Waals surface area contributed by atoms with Gasteiger partial charge >= 0.3 is 6.09 Å². The zero-order valence-electron chi connectivity index (χ0n) is 14.8. The van der Waals surface area contributed by atoms with E-state index in [4.69, 9.17) is 21.1 Å². The molecule has 136 valence electrons. The van der Waals surface area contributed by atoms with E-state index in [2.05, 4.69) is 6.92 Å². The van der Waals surface area contributed by atoms with E-state index in [0.717, 1.165) is 18.4 Å². The molecule has 0 aliphatic carbocycles. The molecule has 1 aromatic rings. The van der Waals surface area contributed by atoms with Crippen LogP contribution in [0.4, 0.5) is 4.79 Å². The first-order valence-corrected chi connectivity index (χ1v) is 9.26. The van der Waals surface area contributed by atoms with Crippen molar-refractivity contribution < 1.29 is 19.1 Å². The number of carbonyl (C=O) groups excluding carboxylic acids is 2. The van der Waals surface area contributed by atoms with Gasteiger partial charge in [-0.2, -0.15) is 0 Å². The van der Waals surface area contributed by atoms with Crippen molar-refractivity contribution in [1.82, 2.24) is 4.90 Å². The number of hydrogen-bond acceptors (Lipinski definition) is 4. The third-order valence-corrected chi connectivity index (χ3v) is 5.22. The van der Waals surface area contributed by atoms with Crippen molar-refractivity contribution in [2.24, 2.45) is 0 Å². The first-order chi connectivity index (χ1) is 11.9. The van der Waals surface area contributed by atoms with Crippen molar-refractivity contribution in [1.29, 1.82) is 0 Å². The fourth-order valence-electron chi connectivity index (χ4n) is 3.48. The topological polar surface area (TPSA) is 55.8 Å². The first kappa shape index (κ1) is 18.1. The highest BCUT2D eigenvalue weighted by Crippen LogP contribution is 2.42. The number of benzene rings is 1. The van der Waals surface area contributed by atoms with E-state index in [-0.39, 0.29) is 11.9 Å². The van der Waals surface area contributed by atoms with Crippen molar-refractivity contribution in [3.63, 3.8) is 0 Å². The number of piperidine rings is 1. The number of rotatable bonds is 3. The average molecular weight is 366 g/mol. The molecule has 25 heavy (non-hydrogen) atoms. The Labute approximate surface area is 153 Å². The van der Waals surface area contributed by atoms with Gasteiger partial charge in [-0.25, -0.2) is 4.79 Å². The Balaban J connectivity index is 1.67. The van der Waals surface area contributed by atoms with Gasteiger partial charge in [0.25, 0.3) is 0 Å². The number of unbranched alkanes of at least 4 members (excludes halogenated alkanes) is 1. The van der Waals surface area contributed by atoms with E-state index >= 15 is 0 Å². The van der Waals surface area contributed by atoms with Gasteiger partial charge in [0.2, 0.25) is 0 Å². The predicted octanol–water partition coefficient (Wildman–Crippen LogP) is 4.38. The summed E-state index contributed by atoms with van der Waals surface area (Å²) in [5.74, 6) is 0.699. The van der Waals surface area contributed by atoms with Crippen LogP contribution in [-0.2, 0) is 4.74 Å². The van der Waals surface area contributed by atoms with Gasteiger partial charge in [0, 0.05) is 31.0 Å². The number of hydrogen-bond donors (Lipinski definition) is 0. The maximum Gasteiger partial charge on any atom is 0.409 e. The lowest BCUT2D eigenvalue weighted by Crippen LogP contribution is -2.52. The molecule has 0 radical (unpaired) electrons. The largest absolute Gasteiger partial charge is 0.486 e. The molecule has 0 bridgehead atoms. The van der Waals surface area contributed by atoms with Crippen LogP contribution in [0.3, 0.4) is 0 Å². The lowest BCUT2D eigenvalue weighted by atomic mass is 9.82. The second kappa shape index (κ2) is 7.24. The van der Waals surface area contributed by atoms with Gasteiger partial charge in [0.05, 0.1) is 18.6 Å². The highest BCUT2D eigenvalue weighted by Gasteiger charge is 2.44. The number of fused-ring (bicyclic) bond motifs is 1. The Morgan fingerprint density at radius 1 is 1.36 bits per heavy atom. The molecule has 1 amide bonds. The Hall–Kier alpha value is -1.75. The number of Topliss-reactive ketones (excluding diaryl/α,β-unsaturated/α-hetero) is 1. The number of ketones is 1. The molecule has 1 saturated heterocycles. The van der Waals surface area contributed by atoms with Crippen LogP contribution in [0.1, 0.15) is 54.9 Å². The number of amides is 1. The molecule has 2 aliphatic heterocycles. The van der Waals surface area contributed by atoms with Crippen LogP contribution in [0.25, 0.3) is 0 Å². The molecule has 0 N–H and O–H groups in total. The number of carbonyl (C=O) groups is 2. The highest BCUT2D eigenvalue weighted by atomic mass is 35.5. The maximum absolute atomic E-state index is 12.6. The zero-order chi connectivity index (χ0) is 18.0. The van der Waals surface area contributed by atoms with Crippen molar-refractivity contribution in [3.8, 4) is 5.75 Å². The minimum Gasteiger partial charge on any atom is -0.486 e. The van der Waals surface area contributed by atoms with Crippen molar-refractivity contribution >= 4 is 23.5 Å². The lowest BCUT2D eigenvalue weighted by molar-refractivity contribution is -0.00958.